The standard InChI is InChI=1S/C27H28N4O2/c32-26(28-21-13-7-1-2-8-14-21)23-18-30(17-20-11-5-3-6-12-20)19-24-25(23)29-31(27(24)33)22-15-9-4-10-16-22/h3-6,9-12,15-16,18-19,21H,1-2,7-8,13-14,17H2,(H,28,32). The van der Waals surface area contributed by atoms with Crippen molar-refractivity contribution in [3.63, 3.8) is 0 Å². The van der Waals surface area contributed by atoms with Crippen LogP contribution in [0.15, 0.2) is 77.9 Å². The van der Waals surface area contributed by atoms with Crippen molar-refractivity contribution < 1.29 is 4.79 Å². The lowest BCUT2D eigenvalue weighted by molar-refractivity contribution is 0.0933. The molecule has 5 rings (SSSR count). The van der Waals surface area contributed by atoms with Gasteiger partial charge in [-0.1, -0.05) is 74.2 Å². The summed E-state index contributed by atoms with van der Waals surface area (Å²) in [7, 11) is 0. The normalized spacial score (nSPS) is 14.8. The molecule has 1 saturated carbocycles. The molecule has 0 unspecified atom stereocenters. The van der Waals surface area contributed by atoms with Crippen LogP contribution in [0.2, 0.25) is 0 Å². The molecule has 0 aromatic heterocycles. The molecule has 0 radical (unpaired) electrons. The smallest absolute Gasteiger partial charge is 0.282 e. The monoisotopic (exact) mass is 440 g/mol. The summed E-state index contributed by atoms with van der Waals surface area (Å²) < 4.78 is 3.30. The summed E-state index contributed by atoms with van der Waals surface area (Å²) in [5.74, 6) is -0.160. The van der Waals surface area contributed by atoms with E-state index in [4.69, 9.17) is 0 Å². The Hall–Kier alpha value is -3.67. The lowest BCUT2D eigenvalue weighted by atomic mass is 10.1. The Balaban J connectivity index is 1.57. The van der Waals surface area contributed by atoms with Crippen LogP contribution in [0.5, 0.6) is 0 Å². The molecule has 1 N–H and O–H groups in total. The highest BCUT2D eigenvalue weighted by Gasteiger charge is 2.26. The van der Waals surface area contributed by atoms with Gasteiger partial charge in [0.2, 0.25) is 0 Å². The first-order valence-corrected chi connectivity index (χ1v) is 11.7. The number of para-hydroxylation sites is 1. The molecule has 2 aromatic rings. The maximum Gasteiger partial charge on any atom is 0.282 e. The van der Waals surface area contributed by atoms with Crippen LogP contribution in [0.3, 0.4) is 0 Å². The first-order chi connectivity index (χ1) is 16.2. The number of nitrogens with zero attached hydrogens (tertiary/aromatic N) is 3. The Kier molecular flexibility index (Phi) is 6.07. The fraction of sp³-hybridized carbons (Fsp3) is 0.296. The predicted octanol–water partition coefficient (Wildman–Crippen LogP) is 4.64. The Labute approximate surface area is 193 Å². The van der Waals surface area contributed by atoms with Gasteiger partial charge >= 0.3 is 0 Å². The number of amides is 1. The van der Waals surface area contributed by atoms with Crippen molar-refractivity contribution in [2.75, 3.05) is 0 Å². The minimum Gasteiger partial charge on any atom is -0.349 e. The summed E-state index contributed by atoms with van der Waals surface area (Å²) in [6, 6.07) is 19.5. The van der Waals surface area contributed by atoms with E-state index in [9.17, 15) is 9.59 Å². The van der Waals surface area contributed by atoms with Gasteiger partial charge in [-0.25, -0.2) is 0 Å². The fourth-order valence-electron chi connectivity index (χ4n) is 4.64. The molecule has 0 bridgehead atoms. The second-order valence-corrected chi connectivity index (χ2v) is 8.81. The molecule has 0 spiro atoms. The number of pyridine rings is 1. The second-order valence-electron chi connectivity index (χ2n) is 8.81. The lowest BCUT2D eigenvalue weighted by Gasteiger charge is -2.18. The Bertz CT molecular complexity index is 1250. The van der Waals surface area contributed by atoms with E-state index >= 15 is 0 Å². The summed E-state index contributed by atoms with van der Waals surface area (Å²) in [5, 5.41) is 7.82. The zero-order chi connectivity index (χ0) is 22.6. The van der Waals surface area contributed by atoms with E-state index in [1.807, 2.05) is 71.4 Å². The Morgan fingerprint density at radius 3 is 2.27 bits per heavy atom. The van der Waals surface area contributed by atoms with E-state index in [-0.39, 0.29) is 17.5 Å². The number of nitrogens with one attached hydrogen (secondary N) is 1. The molecular formula is C27H28N4O2. The predicted molar refractivity (Wildman–Crippen MR) is 129 cm³/mol. The molecule has 2 aliphatic heterocycles. The fourth-order valence-corrected chi connectivity index (χ4v) is 4.64. The quantitative estimate of drug-likeness (QED) is 0.460. The van der Waals surface area contributed by atoms with Crippen LogP contribution in [0.4, 0.5) is 0 Å². The molecule has 6 nitrogen and oxygen atoms in total. The van der Waals surface area contributed by atoms with Crippen LogP contribution in [-0.2, 0) is 6.54 Å². The summed E-state index contributed by atoms with van der Waals surface area (Å²) >= 11 is 0. The third kappa shape index (κ3) is 4.60. The van der Waals surface area contributed by atoms with Gasteiger partial charge in [0, 0.05) is 25.0 Å². The third-order valence-corrected chi connectivity index (χ3v) is 6.37. The van der Waals surface area contributed by atoms with E-state index in [1.165, 1.54) is 17.5 Å². The van der Waals surface area contributed by atoms with E-state index < -0.39 is 0 Å². The van der Waals surface area contributed by atoms with E-state index in [0.29, 0.717) is 29.1 Å². The molecule has 3 aliphatic rings. The molecule has 0 saturated heterocycles. The van der Waals surface area contributed by atoms with Crippen molar-refractivity contribution in [1.82, 2.24) is 19.7 Å². The molecule has 0 atom stereocenters. The largest absolute Gasteiger partial charge is 0.349 e. The maximum absolute atomic E-state index is 13.4. The van der Waals surface area contributed by atoms with Crippen LogP contribution in [0.1, 0.15) is 54.4 Å². The molecule has 6 heteroatoms. The van der Waals surface area contributed by atoms with E-state index in [0.717, 1.165) is 31.2 Å². The lowest BCUT2D eigenvalue weighted by Crippen LogP contribution is -2.35. The number of carbonyl (C=O) groups is 1. The first kappa shape index (κ1) is 21.2. The zero-order valence-electron chi connectivity index (χ0n) is 18.6. The van der Waals surface area contributed by atoms with Crippen molar-refractivity contribution in [3.05, 3.63) is 94.5 Å². The molecule has 33 heavy (non-hydrogen) atoms. The van der Waals surface area contributed by atoms with Crippen molar-refractivity contribution >= 4 is 5.91 Å². The van der Waals surface area contributed by atoms with E-state index in [2.05, 4.69) is 10.4 Å². The topological polar surface area (TPSA) is 68.9 Å². The Morgan fingerprint density at radius 1 is 0.909 bits per heavy atom. The average Bonchev–Trinajstić information content (AvgIpc) is 2.99. The van der Waals surface area contributed by atoms with Crippen molar-refractivity contribution in [3.8, 4) is 16.9 Å². The van der Waals surface area contributed by atoms with Gasteiger partial charge in [-0.05, 0) is 30.5 Å². The molecule has 2 heterocycles. The van der Waals surface area contributed by atoms with Crippen LogP contribution in [0.25, 0.3) is 16.9 Å². The molecular weight excluding hydrogens is 412 g/mol. The number of aromatic nitrogens is 3. The van der Waals surface area contributed by atoms with Crippen LogP contribution in [-0.4, -0.2) is 26.3 Å². The molecule has 1 aliphatic carbocycles. The summed E-state index contributed by atoms with van der Waals surface area (Å²) in [5.41, 5.74) is 2.90. The summed E-state index contributed by atoms with van der Waals surface area (Å²) in [6.45, 7) is 0.566. The van der Waals surface area contributed by atoms with Gasteiger partial charge in [0.05, 0.1) is 16.8 Å². The minimum absolute atomic E-state index is 0.160. The number of hydrogen-bond acceptors (Lipinski definition) is 3. The maximum atomic E-state index is 13.4. The van der Waals surface area contributed by atoms with Gasteiger partial charge < -0.3 is 9.88 Å². The van der Waals surface area contributed by atoms with Gasteiger partial charge in [0.1, 0.15) is 5.69 Å². The number of hydrogen-bond donors (Lipinski definition) is 1. The SMILES string of the molecule is O=C(NC1CCCCCC1)c1cn(Cc2ccccc2)cc2c(=O)n(-c3ccccc3)nc1-2. The van der Waals surface area contributed by atoms with Gasteiger partial charge in [-0.2, -0.15) is 9.78 Å². The molecule has 168 valence electrons. The van der Waals surface area contributed by atoms with Crippen LogP contribution < -0.4 is 10.9 Å². The number of carbonyl (C=O) groups excluding carboxylic acids is 1. The number of benzene rings is 2. The zero-order valence-corrected chi connectivity index (χ0v) is 18.6. The molecule has 1 fully saturated rings. The average molecular weight is 441 g/mol. The minimum atomic E-state index is -0.220. The van der Waals surface area contributed by atoms with Crippen molar-refractivity contribution in [1.29, 1.82) is 0 Å². The highest BCUT2D eigenvalue weighted by atomic mass is 16.2. The Morgan fingerprint density at radius 2 is 1.58 bits per heavy atom. The van der Waals surface area contributed by atoms with Gasteiger partial charge in [0.15, 0.2) is 0 Å². The second kappa shape index (κ2) is 9.45. The first-order valence-electron chi connectivity index (χ1n) is 11.7. The molecule has 1 amide bonds. The molecule has 2 aromatic carbocycles. The van der Waals surface area contributed by atoms with Gasteiger partial charge in [-0.15, -0.1) is 0 Å². The van der Waals surface area contributed by atoms with Gasteiger partial charge in [0.25, 0.3) is 11.5 Å². The van der Waals surface area contributed by atoms with E-state index in [1.54, 1.807) is 6.20 Å². The van der Waals surface area contributed by atoms with Crippen LogP contribution >= 0.6 is 0 Å². The number of rotatable bonds is 5. The summed E-state index contributed by atoms with van der Waals surface area (Å²) in [6.07, 6.45) is 10.3. The van der Waals surface area contributed by atoms with Crippen molar-refractivity contribution in [2.45, 2.75) is 51.1 Å². The third-order valence-electron chi connectivity index (χ3n) is 6.37. The van der Waals surface area contributed by atoms with Crippen LogP contribution in [0, 0.1) is 0 Å². The number of fused-ring (bicyclic) bond motifs is 1. The van der Waals surface area contributed by atoms with Crippen molar-refractivity contribution in [2.24, 2.45) is 0 Å². The highest BCUT2D eigenvalue weighted by Crippen LogP contribution is 2.24. The van der Waals surface area contributed by atoms with Gasteiger partial charge in [-0.3, -0.25) is 9.59 Å². The summed E-state index contributed by atoms with van der Waals surface area (Å²) in [4.78, 5) is 26.7. The highest BCUT2D eigenvalue weighted by molar-refractivity contribution is 6.00.